The van der Waals surface area contributed by atoms with E-state index >= 15 is 0 Å². The van der Waals surface area contributed by atoms with Crippen molar-refractivity contribution < 1.29 is 17.9 Å². The molecule has 2 aromatic heterocycles. The van der Waals surface area contributed by atoms with Gasteiger partial charge in [-0.2, -0.15) is 22.8 Å². The Morgan fingerprint density at radius 2 is 2.09 bits per heavy atom. The molecule has 0 fully saturated rings. The average Bonchev–Trinajstić information content (AvgIpc) is 2.86. The highest BCUT2D eigenvalue weighted by molar-refractivity contribution is 7.16. The normalized spacial score (nSPS) is 11.8. The third kappa shape index (κ3) is 3.34. The predicted molar refractivity (Wildman–Crippen MR) is 77.6 cm³/mol. The summed E-state index contributed by atoms with van der Waals surface area (Å²) in [5, 5.41) is 4.69. The number of halogens is 3. The van der Waals surface area contributed by atoms with Gasteiger partial charge in [-0.1, -0.05) is 17.4 Å². The maximum absolute atomic E-state index is 12.6. The zero-order valence-electron chi connectivity index (χ0n) is 11.8. The number of nitrogens with zero attached hydrogens (tertiary/aromatic N) is 3. The van der Waals surface area contributed by atoms with Gasteiger partial charge in [0.25, 0.3) is 5.56 Å². The van der Waals surface area contributed by atoms with Crippen molar-refractivity contribution in [1.29, 1.82) is 0 Å². The van der Waals surface area contributed by atoms with E-state index in [-0.39, 0.29) is 17.9 Å². The van der Waals surface area contributed by atoms with Crippen molar-refractivity contribution in [3.8, 4) is 5.75 Å². The van der Waals surface area contributed by atoms with Crippen LogP contribution < -0.4 is 10.3 Å². The van der Waals surface area contributed by atoms with Gasteiger partial charge >= 0.3 is 6.18 Å². The fraction of sp³-hybridized carbons (Fsp3) is 0.214. The van der Waals surface area contributed by atoms with Gasteiger partial charge in [-0.3, -0.25) is 4.79 Å². The number of aromatic nitrogens is 3. The van der Waals surface area contributed by atoms with Crippen LogP contribution in [0.4, 0.5) is 13.2 Å². The standard InChI is InChI=1S/C14H10F3N3O2S/c1-8-19-20-12(21)6-10(18-13(20)23-8)7-22-11-4-2-3-9(5-11)14(15,16)17/h2-6H,7H2,1H3. The highest BCUT2D eigenvalue weighted by atomic mass is 32.1. The lowest BCUT2D eigenvalue weighted by atomic mass is 10.2. The molecule has 0 amide bonds. The van der Waals surface area contributed by atoms with Crippen molar-refractivity contribution in [2.75, 3.05) is 0 Å². The largest absolute Gasteiger partial charge is 0.487 e. The number of rotatable bonds is 3. The molecule has 1 aromatic carbocycles. The number of benzene rings is 1. The Bertz CT molecular complexity index is 918. The Balaban J connectivity index is 1.82. The molecule has 2 heterocycles. The highest BCUT2D eigenvalue weighted by Gasteiger charge is 2.30. The monoisotopic (exact) mass is 341 g/mol. The molecular formula is C14H10F3N3O2S. The number of alkyl halides is 3. The van der Waals surface area contributed by atoms with Gasteiger partial charge in [-0.25, -0.2) is 4.98 Å². The predicted octanol–water partition coefficient (Wildman–Crippen LogP) is 3.06. The second kappa shape index (κ2) is 5.65. The SMILES string of the molecule is Cc1nn2c(=O)cc(COc3cccc(C(F)(F)F)c3)nc2s1. The first-order valence-corrected chi connectivity index (χ1v) is 7.31. The van der Waals surface area contributed by atoms with E-state index in [2.05, 4.69) is 10.1 Å². The summed E-state index contributed by atoms with van der Waals surface area (Å²) >= 11 is 1.24. The smallest absolute Gasteiger partial charge is 0.416 e. The first-order chi connectivity index (χ1) is 10.8. The summed E-state index contributed by atoms with van der Waals surface area (Å²) < 4.78 is 44.4. The topological polar surface area (TPSA) is 56.5 Å². The molecule has 0 radical (unpaired) electrons. The molecule has 120 valence electrons. The Morgan fingerprint density at radius 3 is 2.83 bits per heavy atom. The van der Waals surface area contributed by atoms with Gasteiger partial charge in [0.05, 0.1) is 11.3 Å². The van der Waals surface area contributed by atoms with Gasteiger partial charge in [0.15, 0.2) is 0 Å². The summed E-state index contributed by atoms with van der Waals surface area (Å²) in [6.45, 7) is 1.64. The molecule has 0 unspecified atom stereocenters. The number of ether oxygens (including phenoxy) is 1. The third-order valence-corrected chi connectivity index (χ3v) is 3.77. The molecule has 0 N–H and O–H groups in total. The molecule has 23 heavy (non-hydrogen) atoms. The van der Waals surface area contributed by atoms with Crippen molar-refractivity contribution in [3.63, 3.8) is 0 Å². The van der Waals surface area contributed by atoms with E-state index in [1.165, 1.54) is 34.1 Å². The summed E-state index contributed by atoms with van der Waals surface area (Å²) in [5.41, 5.74) is -0.824. The average molecular weight is 341 g/mol. The van der Waals surface area contributed by atoms with Crippen LogP contribution in [0.3, 0.4) is 0 Å². The lowest BCUT2D eigenvalue weighted by molar-refractivity contribution is -0.137. The van der Waals surface area contributed by atoms with Gasteiger partial charge in [0, 0.05) is 6.07 Å². The zero-order chi connectivity index (χ0) is 16.6. The lowest BCUT2D eigenvalue weighted by Crippen LogP contribution is -2.16. The number of fused-ring (bicyclic) bond motifs is 1. The number of aryl methyl sites for hydroxylation is 1. The van der Waals surface area contributed by atoms with E-state index in [1.54, 1.807) is 6.92 Å². The first kappa shape index (κ1) is 15.5. The second-order valence-corrected chi connectivity index (χ2v) is 5.88. The zero-order valence-corrected chi connectivity index (χ0v) is 12.6. The molecule has 0 saturated heterocycles. The molecule has 0 spiro atoms. The summed E-state index contributed by atoms with van der Waals surface area (Å²) in [5.74, 6) is 0.0577. The summed E-state index contributed by atoms with van der Waals surface area (Å²) in [4.78, 5) is 16.5. The summed E-state index contributed by atoms with van der Waals surface area (Å²) in [7, 11) is 0. The molecule has 5 nitrogen and oxygen atoms in total. The van der Waals surface area contributed by atoms with Gasteiger partial charge in [0.2, 0.25) is 4.96 Å². The second-order valence-electron chi connectivity index (χ2n) is 4.72. The van der Waals surface area contributed by atoms with E-state index in [4.69, 9.17) is 4.74 Å². The van der Waals surface area contributed by atoms with Crippen LogP contribution in [0.15, 0.2) is 35.1 Å². The molecule has 0 atom stereocenters. The van der Waals surface area contributed by atoms with Crippen molar-refractivity contribution in [2.45, 2.75) is 19.7 Å². The minimum atomic E-state index is -4.43. The molecule has 0 bridgehead atoms. The van der Waals surface area contributed by atoms with Crippen LogP contribution in [0.2, 0.25) is 0 Å². The van der Waals surface area contributed by atoms with Crippen molar-refractivity contribution in [2.24, 2.45) is 0 Å². The van der Waals surface area contributed by atoms with Crippen LogP contribution in [0.5, 0.6) is 5.75 Å². The number of hydrogen-bond donors (Lipinski definition) is 0. The van der Waals surface area contributed by atoms with E-state index in [0.29, 0.717) is 15.7 Å². The molecular weight excluding hydrogens is 331 g/mol. The van der Waals surface area contributed by atoms with E-state index < -0.39 is 11.7 Å². The lowest BCUT2D eigenvalue weighted by Gasteiger charge is -2.09. The van der Waals surface area contributed by atoms with Crippen LogP contribution in [0.25, 0.3) is 4.96 Å². The molecule has 3 aromatic rings. The molecule has 3 rings (SSSR count). The Labute approximate surface area is 132 Å². The fourth-order valence-corrected chi connectivity index (χ4v) is 2.71. The van der Waals surface area contributed by atoms with Crippen molar-refractivity contribution in [3.05, 3.63) is 57.0 Å². The van der Waals surface area contributed by atoms with Crippen LogP contribution in [-0.2, 0) is 12.8 Å². The van der Waals surface area contributed by atoms with Crippen LogP contribution in [0, 0.1) is 6.92 Å². The third-order valence-electron chi connectivity index (χ3n) is 2.95. The molecule has 0 saturated carbocycles. The summed E-state index contributed by atoms with van der Waals surface area (Å²) in [6.07, 6.45) is -4.43. The maximum atomic E-state index is 12.6. The van der Waals surface area contributed by atoms with Crippen LogP contribution in [-0.4, -0.2) is 14.6 Å². The summed E-state index contributed by atoms with van der Waals surface area (Å²) in [6, 6.07) is 5.79. The van der Waals surface area contributed by atoms with Gasteiger partial charge in [-0.05, 0) is 25.1 Å². The van der Waals surface area contributed by atoms with Gasteiger partial charge in [0.1, 0.15) is 17.4 Å². The quantitative estimate of drug-likeness (QED) is 0.735. The van der Waals surface area contributed by atoms with Gasteiger partial charge in [-0.15, -0.1) is 0 Å². The van der Waals surface area contributed by atoms with E-state index in [1.807, 2.05) is 0 Å². The minimum Gasteiger partial charge on any atom is -0.487 e. The molecule has 0 aliphatic carbocycles. The first-order valence-electron chi connectivity index (χ1n) is 6.49. The van der Waals surface area contributed by atoms with Gasteiger partial charge < -0.3 is 4.74 Å². The Kier molecular flexibility index (Phi) is 3.80. The maximum Gasteiger partial charge on any atom is 0.416 e. The Hall–Kier alpha value is -2.42. The number of hydrogen-bond acceptors (Lipinski definition) is 5. The van der Waals surface area contributed by atoms with Crippen molar-refractivity contribution in [1.82, 2.24) is 14.6 Å². The highest BCUT2D eigenvalue weighted by Crippen LogP contribution is 2.31. The molecule has 9 heteroatoms. The van der Waals surface area contributed by atoms with Crippen LogP contribution in [0.1, 0.15) is 16.3 Å². The Morgan fingerprint density at radius 1 is 1.30 bits per heavy atom. The van der Waals surface area contributed by atoms with E-state index in [0.717, 1.165) is 12.1 Å². The van der Waals surface area contributed by atoms with Crippen molar-refractivity contribution >= 4 is 16.3 Å². The molecule has 0 aliphatic rings. The minimum absolute atomic E-state index is 0.0577. The molecule has 0 aliphatic heterocycles. The fourth-order valence-electron chi connectivity index (χ4n) is 1.95. The van der Waals surface area contributed by atoms with Crippen LogP contribution >= 0.6 is 11.3 Å². The van der Waals surface area contributed by atoms with E-state index in [9.17, 15) is 18.0 Å².